The van der Waals surface area contributed by atoms with Gasteiger partial charge in [-0.1, -0.05) is 23.7 Å². The van der Waals surface area contributed by atoms with Crippen LogP contribution < -0.4 is 15.8 Å². The maximum atomic E-state index is 13.1. The SMILES string of the molecule is O=C(CCn1c(=O)oc2cc(Cl)ccc21)Nc1ccccc1NS(=O)(=O)c1ccc(F)cc1. The van der Waals surface area contributed by atoms with Crippen LogP contribution in [0.5, 0.6) is 0 Å². The van der Waals surface area contributed by atoms with E-state index in [4.69, 9.17) is 16.0 Å². The summed E-state index contributed by atoms with van der Waals surface area (Å²) in [7, 11) is -4.01. The predicted molar refractivity (Wildman–Crippen MR) is 122 cm³/mol. The fourth-order valence-electron chi connectivity index (χ4n) is 3.18. The maximum absolute atomic E-state index is 13.1. The first-order valence-corrected chi connectivity index (χ1v) is 11.6. The number of fused-ring (bicyclic) bond motifs is 1. The van der Waals surface area contributed by atoms with Gasteiger partial charge in [0.1, 0.15) is 5.82 Å². The van der Waals surface area contributed by atoms with E-state index in [0.717, 1.165) is 24.3 Å². The quantitative estimate of drug-likeness (QED) is 0.404. The number of hydrogen-bond donors (Lipinski definition) is 2. The fourth-order valence-corrected chi connectivity index (χ4v) is 4.42. The molecule has 0 saturated carbocycles. The third-order valence-electron chi connectivity index (χ3n) is 4.76. The number of anilines is 2. The molecule has 0 spiro atoms. The summed E-state index contributed by atoms with van der Waals surface area (Å²) in [6.07, 6.45) is -0.0732. The smallest absolute Gasteiger partial charge is 0.408 e. The van der Waals surface area contributed by atoms with Crippen molar-refractivity contribution in [3.8, 4) is 0 Å². The first-order valence-electron chi connectivity index (χ1n) is 9.69. The highest BCUT2D eigenvalue weighted by Crippen LogP contribution is 2.25. The van der Waals surface area contributed by atoms with Gasteiger partial charge < -0.3 is 9.73 Å². The van der Waals surface area contributed by atoms with Crippen LogP contribution in [0.4, 0.5) is 15.8 Å². The number of sulfonamides is 1. The van der Waals surface area contributed by atoms with Crippen LogP contribution in [0, 0.1) is 5.82 Å². The molecule has 3 aromatic carbocycles. The van der Waals surface area contributed by atoms with Crippen LogP contribution in [0.2, 0.25) is 5.02 Å². The zero-order valence-corrected chi connectivity index (χ0v) is 18.5. The number of rotatable bonds is 7. The molecule has 4 aromatic rings. The molecule has 0 radical (unpaired) electrons. The van der Waals surface area contributed by atoms with Gasteiger partial charge in [-0.15, -0.1) is 0 Å². The second-order valence-electron chi connectivity index (χ2n) is 7.03. The lowest BCUT2D eigenvalue weighted by Gasteiger charge is -2.13. The van der Waals surface area contributed by atoms with Crippen LogP contribution in [0.15, 0.2) is 80.8 Å². The van der Waals surface area contributed by atoms with Crippen LogP contribution in [0.25, 0.3) is 11.1 Å². The monoisotopic (exact) mass is 489 g/mol. The van der Waals surface area contributed by atoms with Gasteiger partial charge in [-0.3, -0.25) is 14.1 Å². The number of oxazole rings is 1. The summed E-state index contributed by atoms with van der Waals surface area (Å²) in [6.45, 7) is 0.0444. The van der Waals surface area contributed by atoms with Crippen molar-refractivity contribution in [1.29, 1.82) is 0 Å². The average molecular weight is 490 g/mol. The number of halogens is 2. The van der Waals surface area contributed by atoms with Gasteiger partial charge in [0.05, 0.1) is 21.8 Å². The first-order chi connectivity index (χ1) is 15.7. The lowest BCUT2D eigenvalue weighted by Crippen LogP contribution is -2.21. The van der Waals surface area contributed by atoms with Gasteiger partial charge in [-0.25, -0.2) is 17.6 Å². The van der Waals surface area contributed by atoms with Crippen molar-refractivity contribution in [3.05, 3.63) is 88.1 Å². The summed E-state index contributed by atoms with van der Waals surface area (Å²) >= 11 is 5.90. The minimum atomic E-state index is -4.01. The van der Waals surface area contributed by atoms with Crippen LogP contribution in [0.1, 0.15) is 6.42 Å². The summed E-state index contributed by atoms with van der Waals surface area (Å²) in [6, 6.07) is 15.3. The van der Waals surface area contributed by atoms with E-state index in [1.807, 2.05) is 0 Å². The second-order valence-corrected chi connectivity index (χ2v) is 9.15. The Bertz CT molecular complexity index is 1500. The normalized spacial score (nSPS) is 11.5. The zero-order valence-electron chi connectivity index (χ0n) is 16.9. The second kappa shape index (κ2) is 9.08. The third kappa shape index (κ3) is 5.07. The molecule has 8 nitrogen and oxygen atoms in total. The van der Waals surface area contributed by atoms with E-state index in [1.54, 1.807) is 24.3 Å². The molecule has 170 valence electrons. The van der Waals surface area contributed by atoms with E-state index in [-0.39, 0.29) is 29.2 Å². The Morgan fingerprint density at radius 3 is 2.45 bits per heavy atom. The molecule has 11 heteroatoms. The lowest BCUT2D eigenvalue weighted by molar-refractivity contribution is -0.116. The van der Waals surface area contributed by atoms with Crippen LogP contribution in [-0.4, -0.2) is 18.9 Å². The summed E-state index contributed by atoms with van der Waals surface area (Å²) < 4.78 is 47.2. The molecular formula is C22H17ClFN3O5S. The maximum Gasteiger partial charge on any atom is 0.419 e. The van der Waals surface area contributed by atoms with E-state index in [0.29, 0.717) is 16.1 Å². The number of nitrogens with zero attached hydrogens (tertiary/aromatic N) is 1. The molecular weight excluding hydrogens is 473 g/mol. The first kappa shape index (κ1) is 22.6. The van der Waals surface area contributed by atoms with E-state index in [1.165, 1.54) is 22.8 Å². The number of benzene rings is 3. The predicted octanol–water partition coefficient (Wildman–Crippen LogP) is 4.22. The largest absolute Gasteiger partial charge is 0.419 e. The van der Waals surface area contributed by atoms with Gasteiger partial charge in [0.25, 0.3) is 10.0 Å². The Hall–Kier alpha value is -3.63. The molecule has 0 unspecified atom stereocenters. The molecule has 0 saturated heterocycles. The molecule has 0 aliphatic heterocycles. The molecule has 1 aromatic heterocycles. The Labute approximate surface area is 192 Å². The standard InChI is InChI=1S/C22H17ClFN3O5S/c23-14-5-10-19-20(13-14)32-22(29)27(19)12-11-21(28)25-17-3-1-2-4-18(17)26-33(30,31)16-8-6-15(24)7-9-16/h1-10,13,26H,11-12H2,(H,25,28). The highest BCUT2D eigenvalue weighted by atomic mass is 35.5. The van der Waals surface area contributed by atoms with Crippen molar-refractivity contribution < 1.29 is 22.0 Å². The van der Waals surface area contributed by atoms with Crippen LogP contribution >= 0.6 is 11.6 Å². The summed E-state index contributed by atoms with van der Waals surface area (Å²) in [5.74, 6) is -1.62. The molecule has 0 atom stereocenters. The number of carbonyl (C=O) groups excluding carboxylic acids is 1. The number of amides is 1. The number of hydrogen-bond acceptors (Lipinski definition) is 5. The van der Waals surface area contributed by atoms with Crippen molar-refractivity contribution in [2.45, 2.75) is 17.9 Å². The molecule has 0 fully saturated rings. The molecule has 0 bridgehead atoms. The molecule has 1 amide bonds. The van der Waals surface area contributed by atoms with Gasteiger partial charge in [0.2, 0.25) is 5.91 Å². The Morgan fingerprint density at radius 1 is 1.03 bits per heavy atom. The number of aryl methyl sites for hydroxylation is 1. The summed E-state index contributed by atoms with van der Waals surface area (Å²) in [5, 5.41) is 3.06. The number of para-hydroxylation sites is 2. The average Bonchev–Trinajstić information content (AvgIpc) is 3.07. The Kier molecular flexibility index (Phi) is 6.21. The lowest BCUT2D eigenvalue weighted by atomic mass is 10.2. The van der Waals surface area contributed by atoms with Crippen molar-refractivity contribution in [2.75, 3.05) is 10.0 Å². The van der Waals surface area contributed by atoms with E-state index < -0.39 is 27.5 Å². The highest BCUT2D eigenvalue weighted by Gasteiger charge is 2.17. The summed E-state index contributed by atoms with van der Waals surface area (Å²) in [4.78, 5) is 24.5. The van der Waals surface area contributed by atoms with E-state index in [9.17, 15) is 22.4 Å². The number of aromatic nitrogens is 1. The van der Waals surface area contributed by atoms with Crippen molar-refractivity contribution >= 4 is 50.0 Å². The Morgan fingerprint density at radius 2 is 1.73 bits per heavy atom. The zero-order chi connectivity index (χ0) is 23.6. The van der Waals surface area contributed by atoms with Crippen LogP contribution in [0.3, 0.4) is 0 Å². The number of nitrogens with one attached hydrogen (secondary N) is 2. The summed E-state index contributed by atoms with van der Waals surface area (Å²) in [5.41, 5.74) is 1.18. The van der Waals surface area contributed by atoms with Gasteiger partial charge in [0.15, 0.2) is 5.58 Å². The molecule has 0 aliphatic rings. The molecule has 1 heterocycles. The minimum Gasteiger partial charge on any atom is -0.408 e. The fraction of sp³-hybridized carbons (Fsp3) is 0.0909. The van der Waals surface area contributed by atoms with Crippen molar-refractivity contribution in [2.24, 2.45) is 0 Å². The molecule has 0 aliphatic carbocycles. The van der Waals surface area contributed by atoms with Crippen LogP contribution in [-0.2, 0) is 21.4 Å². The molecule has 2 N–H and O–H groups in total. The third-order valence-corrected chi connectivity index (χ3v) is 6.38. The molecule has 33 heavy (non-hydrogen) atoms. The van der Waals surface area contributed by atoms with Gasteiger partial charge in [-0.2, -0.15) is 0 Å². The van der Waals surface area contributed by atoms with E-state index in [2.05, 4.69) is 10.0 Å². The Balaban J connectivity index is 1.48. The highest BCUT2D eigenvalue weighted by molar-refractivity contribution is 7.92. The van der Waals surface area contributed by atoms with E-state index >= 15 is 0 Å². The molecule has 4 rings (SSSR count). The minimum absolute atomic E-state index is 0.0444. The number of carbonyl (C=O) groups is 1. The van der Waals surface area contributed by atoms with Gasteiger partial charge in [-0.05, 0) is 48.5 Å². The topological polar surface area (TPSA) is 110 Å². The van der Waals surface area contributed by atoms with Gasteiger partial charge >= 0.3 is 5.76 Å². The van der Waals surface area contributed by atoms with Gasteiger partial charge in [0, 0.05) is 24.1 Å². The van der Waals surface area contributed by atoms with Crippen molar-refractivity contribution in [3.63, 3.8) is 0 Å². The van der Waals surface area contributed by atoms with Crippen molar-refractivity contribution in [1.82, 2.24) is 4.57 Å².